The van der Waals surface area contributed by atoms with Gasteiger partial charge in [0.25, 0.3) is 0 Å². The lowest BCUT2D eigenvalue weighted by Crippen LogP contribution is -1.98. The van der Waals surface area contributed by atoms with E-state index in [1.165, 1.54) is 6.07 Å². The van der Waals surface area contributed by atoms with E-state index in [4.69, 9.17) is 16.3 Å². The van der Waals surface area contributed by atoms with Crippen LogP contribution in [0.4, 0.5) is 10.1 Å². The van der Waals surface area contributed by atoms with Crippen LogP contribution in [0, 0.1) is 5.82 Å². The second-order valence-electron chi connectivity index (χ2n) is 2.82. The Labute approximate surface area is 115 Å². The molecule has 0 amide bonds. The first kappa shape index (κ1) is 13.8. The summed E-state index contributed by atoms with van der Waals surface area (Å²) in [5, 5.41) is 2.97. The molecule has 0 heterocycles. The van der Waals surface area contributed by atoms with E-state index >= 15 is 0 Å². The molecule has 0 aliphatic heterocycles. The first-order chi connectivity index (χ1) is 7.54. The lowest BCUT2D eigenvalue weighted by atomic mass is 10.3. The Morgan fingerprint density at radius 1 is 1.56 bits per heavy atom. The molecule has 1 aromatic rings. The maximum atomic E-state index is 13.4. The van der Waals surface area contributed by atoms with Gasteiger partial charge in [-0.2, -0.15) is 0 Å². The summed E-state index contributed by atoms with van der Waals surface area (Å²) in [5.41, 5.74) is 0.270. The summed E-state index contributed by atoms with van der Waals surface area (Å²) in [6, 6.07) is 2.85. The zero-order chi connectivity index (χ0) is 12.1. The summed E-state index contributed by atoms with van der Waals surface area (Å²) in [6.07, 6.45) is 1.75. The van der Waals surface area contributed by atoms with E-state index in [1.807, 2.05) is 0 Å². The molecule has 16 heavy (non-hydrogen) atoms. The van der Waals surface area contributed by atoms with Crippen molar-refractivity contribution in [1.29, 1.82) is 0 Å². The molecular weight excluding hydrogens is 364 g/mol. The second-order valence-corrected chi connectivity index (χ2v) is 6.00. The first-order valence-electron chi connectivity index (χ1n) is 4.35. The van der Waals surface area contributed by atoms with Crippen LogP contribution in [0.25, 0.3) is 0 Å². The average Bonchev–Trinajstić information content (AvgIpc) is 2.16. The average molecular weight is 373 g/mol. The standard InChI is InChI=1S/C10H9Br2ClFNO/c1-15-10-7(13)4-6(5-8(10)14)16-3-2-9(11)12/h2,4-5,15H,3H2,1H3. The number of rotatable bonds is 4. The smallest absolute Gasteiger partial charge is 0.151 e. The SMILES string of the molecule is CNc1c(F)cc(OCC=C(Br)Br)cc1Cl. The molecule has 1 N–H and O–H groups in total. The van der Waals surface area contributed by atoms with Gasteiger partial charge in [-0.15, -0.1) is 0 Å². The third-order valence-corrected chi connectivity index (χ3v) is 2.70. The van der Waals surface area contributed by atoms with Crippen LogP contribution >= 0.6 is 43.5 Å². The van der Waals surface area contributed by atoms with E-state index in [0.29, 0.717) is 17.4 Å². The number of hydrogen-bond donors (Lipinski definition) is 1. The predicted molar refractivity (Wildman–Crippen MR) is 72.4 cm³/mol. The molecule has 0 saturated heterocycles. The maximum Gasteiger partial charge on any atom is 0.151 e. The fourth-order valence-corrected chi connectivity index (χ4v) is 1.63. The third-order valence-electron chi connectivity index (χ3n) is 1.75. The van der Waals surface area contributed by atoms with Gasteiger partial charge in [0.2, 0.25) is 0 Å². The van der Waals surface area contributed by atoms with Crippen LogP contribution in [0.1, 0.15) is 0 Å². The van der Waals surface area contributed by atoms with Crippen LogP contribution in [0.3, 0.4) is 0 Å². The Morgan fingerprint density at radius 3 is 2.75 bits per heavy atom. The minimum absolute atomic E-state index is 0.270. The van der Waals surface area contributed by atoms with Crippen LogP contribution in [-0.4, -0.2) is 13.7 Å². The van der Waals surface area contributed by atoms with Crippen molar-refractivity contribution in [2.75, 3.05) is 19.0 Å². The third kappa shape index (κ3) is 3.96. The van der Waals surface area contributed by atoms with Gasteiger partial charge in [0.05, 0.1) is 14.1 Å². The molecule has 88 valence electrons. The number of nitrogens with one attached hydrogen (secondary N) is 1. The Balaban J connectivity index is 2.80. The normalized spacial score (nSPS) is 9.81. The van der Waals surface area contributed by atoms with E-state index in [9.17, 15) is 4.39 Å². The van der Waals surface area contributed by atoms with Gasteiger partial charge in [0, 0.05) is 19.2 Å². The quantitative estimate of drug-likeness (QED) is 0.837. The molecule has 0 atom stereocenters. The second kappa shape index (κ2) is 6.47. The monoisotopic (exact) mass is 371 g/mol. The van der Waals surface area contributed by atoms with Crippen molar-refractivity contribution in [1.82, 2.24) is 0 Å². The van der Waals surface area contributed by atoms with E-state index < -0.39 is 5.82 Å². The number of halogens is 4. The largest absolute Gasteiger partial charge is 0.489 e. The van der Waals surface area contributed by atoms with Crippen LogP contribution in [0.15, 0.2) is 21.6 Å². The van der Waals surface area contributed by atoms with Gasteiger partial charge in [-0.3, -0.25) is 0 Å². The fraction of sp³-hybridized carbons (Fsp3) is 0.200. The summed E-state index contributed by atoms with van der Waals surface area (Å²) in [6.45, 7) is 0.320. The topological polar surface area (TPSA) is 21.3 Å². The highest BCUT2D eigenvalue weighted by molar-refractivity contribution is 9.28. The summed E-state index contributed by atoms with van der Waals surface area (Å²) < 4.78 is 19.5. The van der Waals surface area contributed by atoms with Crippen LogP contribution in [-0.2, 0) is 0 Å². The number of hydrogen-bond acceptors (Lipinski definition) is 2. The van der Waals surface area contributed by atoms with Crippen LogP contribution in [0.2, 0.25) is 5.02 Å². The molecule has 0 saturated carbocycles. The van der Waals surface area contributed by atoms with Crippen LogP contribution < -0.4 is 10.1 Å². The highest BCUT2D eigenvalue weighted by Gasteiger charge is 2.08. The van der Waals surface area contributed by atoms with Crippen molar-refractivity contribution in [2.24, 2.45) is 0 Å². The maximum absolute atomic E-state index is 13.4. The molecule has 0 unspecified atom stereocenters. The van der Waals surface area contributed by atoms with Crippen molar-refractivity contribution in [3.63, 3.8) is 0 Å². The molecule has 2 nitrogen and oxygen atoms in total. The van der Waals surface area contributed by atoms with Gasteiger partial charge in [0.15, 0.2) is 5.82 Å². The first-order valence-corrected chi connectivity index (χ1v) is 6.31. The van der Waals surface area contributed by atoms with Gasteiger partial charge in [-0.05, 0) is 37.9 Å². The van der Waals surface area contributed by atoms with Crippen molar-refractivity contribution >= 4 is 49.1 Å². The molecule has 0 bridgehead atoms. The number of ether oxygens (including phenoxy) is 1. The lowest BCUT2D eigenvalue weighted by molar-refractivity contribution is 0.361. The molecule has 0 fully saturated rings. The summed E-state index contributed by atoms with van der Waals surface area (Å²) in [5.74, 6) is -0.0501. The molecule has 0 aromatic heterocycles. The van der Waals surface area contributed by atoms with E-state index in [2.05, 4.69) is 37.2 Å². The van der Waals surface area contributed by atoms with E-state index in [1.54, 1.807) is 19.2 Å². The molecule has 0 aliphatic rings. The van der Waals surface area contributed by atoms with Gasteiger partial charge < -0.3 is 10.1 Å². The molecule has 1 rings (SSSR count). The fourth-order valence-electron chi connectivity index (χ4n) is 1.07. The number of anilines is 1. The van der Waals surface area contributed by atoms with Crippen molar-refractivity contribution < 1.29 is 9.13 Å². The van der Waals surface area contributed by atoms with Gasteiger partial charge in [0.1, 0.15) is 12.4 Å². The number of benzene rings is 1. The molecule has 0 spiro atoms. The van der Waals surface area contributed by atoms with Crippen molar-refractivity contribution in [3.8, 4) is 5.75 Å². The zero-order valence-electron chi connectivity index (χ0n) is 8.36. The Morgan fingerprint density at radius 2 is 2.25 bits per heavy atom. The Bertz CT molecular complexity index is 385. The lowest BCUT2D eigenvalue weighted by Gasteiger charge is -2.08. The minimum atomic E-state index is -0.438. The minimum Gasteiger partial charge on any atom is -0.489 e. The van der Waals surface area contributed by atoms with Crippen molar-refractivity contribution in [3.05, 3.63) is 32.4 Å². The zero-order valence-corrected chi connectivity index (χ0v) is 12.3. The predicted octanol–water partition coefficient (Wildman–Crippen LogP) is 4.53. The summed E-state index contributed by atoms with van der Waals surface area (Å²) in [7, 11) is 1.61. The molecular formula is C10H9Br2ClFNO. The molecule has 0 aliphatic carbocycles. The van der Waals surface area contributed by atoms with E-state index in [0.717, 1.165) is 3.39 Å². The van der Waals surface area contributed by atoms with Gasteiger partial charge in [-0.25, -0.2) is 4.39 Å². The molecule has 0 radical (unpaired) electrons. The molecule has 1 aromatic carbocycles. The van der Waals surface area contributed by atoms with Gasteiger partial charge >= 0.3 is 0 Å². The summed E-state index contributed by atoms with van der Waals surface area (Å²) >= 11 is 12.2. The highest BCUT2D eigenvalue weighted by Crippen LogP contribution is 2.29. The van der Waals surface area contributed by atoms with Crippen molar-refractivity contribution in [2.45, 2.75) is 0 Å². The Hall–Kier alpha value is -0.260. The van der Waals surface area contributed by atoms with Gasteiger partial charge in [-0.1, -0.05) is 11.6 Å². The molecule has 6 heteroatoms. The summed E-state index contributed by atoms with van der Waals surface area (Å²) in [4.78, 5) is 0. The Kier molecular flexibility index (Phi) is 5.58. The highest BCUT2D eigenvalue weighted by atomic mass is 79.9. The van der Waals surface area contributed by atoms with E-state index in [-0.39, 0.29) is 5.69 Å². The van der Waals surface area contributed by atoms with Crippen LogP contribution in [0.5, 0.6) is 5.75 Å².